The van der Waals surface area contributed by atoms with Gasteiger partial charge in [0.2, 0.25) is 11.8 Å². The second kappa shape index (κ2) is 7.40. The number of aliphatic hydroxyl groups excluding tert-OH is 1. The summed E-state index contributed by atoms with van der Waals surface area (Å²) in [7, 11) is 0. The summed E-state index contributed by atoms with van der Waals surface area (Å²) in [6.07, 6.45) is 4.21. The van der Waals surface area contributed by atoms with Crippen LogP contribution in [0.1, 0.15) is 60.0 Å². The van der Waals surface area contributed by atoms with E-state index in [0.29, 0.717) is 31.1 Å². The van der Waals surface area contributed by atoms with Crippen molar-refractivity contribution >= 4 is 17.7 Å². The van der Waals surface area contributed by atoms with Gasteiger partial charge >= 0.3 is 0 Å². The summed E-state index contributed by atoms with van der Waals surface area (Å²) in [6.45, 7) is 1.09. The number of imide groups is 1. The van der Waals surface area contributed by atoms with Gasteiger partial charge in [0.25, 0.3) is 5.91 Å². The number of carbonyl (C=O) groups is 3. The topological polar surface area (TPSA) is 98.7 Å². The first-order chi connectivity index (χ1) is 13.0. The van der Waals surface area contributed by atoms with Gasteiger partial charge < -0.3 is 15.3 Å². The number of aliphatic hydroxyl groups is 1. The van der Waals surface area contributed by atoms with Gasteiger partial charge in [0.1, 0.15) is 6.04 Å². The lowest BCUT2D eigenvalue weighted by molar-refractivity contribution is -0.136. The molecule has 0 aromatic heterocycles. The number of amides is 3. The first-order valence-corrected chi connectivity index (χ1v) is 9.69. The Labute approximate surface area is 158 Å². The third kappa shape index (κ3) is 3.75. The number of piperidine rings is 1. The van der Waals surface area contributed by atoms with Gasteiger partial charge in [-0.05, 0) is 49.3 Å². The van der Waals surface area contributed by atoms with E-state index in [2.05, 4.69) is 10.6 Å². The lowest BCUT2D eigenvalue weighted by atomic mass is 9.93. The fourth-order valence-corrected chi connectivity index (χ4v) is 4.35. The molecule has 1 saturated heterocycles. The van der Waals surface area contributed by atoms with Crippen LogP contribution < -0.4 is 10.6 Å². The summed E-state index contributed by atoms with van der Waals surface area (Å²) in [6, 6.07) is 5.54. The molecule has 0 spiro atoms. The van der Waals surface area contributed by atoms with Crippen molar-refractivity contribution in [2.45, 2.75) is 69.8 Å². The Morgan fingerprint density at radius 2 is 2.04 bits per heavy atom. The lowest BCUT2D eigenvalue weighted by Gasteiger charge is -2.29. The number of fused-ring (bicyclic) bond motifs is 1. The van der Waals surface area contributed by atoms with Crippen LogP contribution in [0, 0.1) is 0 Å². The average Bonchev–Trinajstić information content (AvgIpc) is 2.96. The highest BCUT2D eigenvalue weighted by Crippen LogP contribution is 2.28. The number of carbonyl (C=O) groups excluding carboxylic acids is 3. The fourth-order valence-electron chi connectivity index (χ4n) is 4.35. The molecule has 7 nitrogen and oxygen atoms in total. The molecule has 1 saturated carbocycles. The van der Waals surface area contributed by atoms with Crippen molar-refractivity contribution in [1.29, 1.82) is 0 Å². The Morgan fingerprint density at radius 1 is 1.19 bits per heavy atom. The van der Waals surface area contributed by atoms with Crippen molar-refractivity contribution in [2.75, 3.05) is 0 Å². The van der Waals surface area contributed by atoms with Crippen LogP contribution in [0.4, 0.5) is 0 Å². The quantitative estimate of drug-likeness (QED) is 0.682. The van der Waals surface area contributed by atoms with E-state index in [1.165, 1.54) is 0 Å². The van der Waals surface area contributed by atoms with Crippen LogP contribution in [0.3, 0.4) is 0 Å². The van der Waals surface area contributed by atoms with Gasteiger partial charge in [-0.1, -0.05) is 12.1 Å². The second-order valence-electron chi connectivity index (χ2n) is 7.79. The predicted octanol–water partition coefficient (Wildman–Crippen LogP) is 0.841. The molecule has 2 aliphatic heterocycles. The third-order valence-electron chi connectivity index (χ3n) is 5.83. The van der Waals surface area contributed by atoms with Crippen LogP contribution in [0.25, 0.3) is 0 Å². The normalized spacial score (nSPS) is 28.3. The smallest absolute Gasteiger partial charge is 0.255 e. The standard InChI is InChI=1S/C20H25N3O4/c24-15-3-1-2-14(9-15)21-10-12-4-5-16-13(8-12)11-23(20(16)27)17-6-7-18(25)22-19(17)26/h4-5,8,14-15,17,21,24H,1-3,6-7,9-11H2,(H,22,25,26)/t14-,15+,17?/m1/s1. The predicted molar refractivity (Wildman–Crippen MR) is 97.6 cm³/mol. The Morgan fingerprint density at radius 3 is 2.81 bits per heavy atom. The molecule has 27 heavy (non-hydrogen) atoms. The maximum atomic E-state index is 12.7. The molecule has 0 bridgehead atoms. The van der Waals surface area contributed by atoms with Gasteiger partial charge in [0.05, 0.1) is 6.10 Å². The number of nitrogens with one attached hydrogen (secondary N) is 2. The first-order valence-electron chi connectivity index (χ1n) is 9.69. The molecule has 4 rings (SSSR count). The zero-order valence-corrected chi connectivity index (χ0v) is 15.2. The summed E-state index contributed by atoms with van der Waals surface area (Å²) in [5.74, 6) is -0.804. The first kappa shape index (κ1) is 18.1. The molecule has 2 fully saturated rings. The molecule has 0 radical (unpaired) electrons. The summed E-state index contributed by atoms with van der Waals surface area (Å²) < 4.78 is 0. The summed E-state index contributed by atoms with van der Waals surface area (Å²) >= 11 is 0. The van der Waals surface area contributed by atoms with Gasteiger partial charge in [-0.15, -0.1) is 0 Å². The molecule has 1 aromatic rings. The van der Waals surface area contributed by atoms with E-state index >= 15 is 0 Å². The highest BCUT2D eigenvalue weighted by atomic mass is 16.3. The van der Waals surface area contributed by atoms with E-state index in [1.807, 2.05) is 18.2 Å². The molecular weight excluding hydrogens is 346 g/mol. The molecule has 2 heterocycles. The number of benzene rings is 1. The van der Waals surface area contributed by atoms with Crippen molar-refractivity contribution in [3.63, 3.8) is 0 Å². The third-order valence-corrected chi connectivity index (χ3v) is 5.83. The monoisotopic (exact) mass is 371 g/mol. The minimum Gasteiger partial charge on any atom is -0.393 e. The maximum absolute atomic E-state index is 12.7. The second-order valence-corrected chi connectivity index (χ2v) is 7.79. The molecule has 1 unspecified atom stereocenters. The maximum Gasteiger partial charge on any atom is 0.255 e. The Bertz CT molecular complexity index is 778. The molecule has 1 aromatic carbocycles. The van der Waals surface area contributed by atoms with Crippen LogP contribution in [0.2, 0.25) is 0 Å². The van der Waals surface area contributed by atoms with Crippen LogP contribution in [0.5, 0.6) is 0 Å². The average molecular weight is 371 g/mol. The molecule has 144 valence electrons. The van der Waals surface area contributed by atoms with E-state index in [0.717, 1.165) is 36.8 Å². The Kier molecular flexibility index (Phi) is 4.97. The van der Waals surface area contributed by atoms with Gasteiger partial charge in [-0.3, -0.25) is 19.7 Å². The van der Waals surface area contributed by atoms with Crippen molar-refractivity contribution in [3.05, 3.63) is 34.9 Å². The van der Waals surface area contributed by atoms with Crippen molar-refractivity contribution in [2.24, 2.45) is 0 Å². The SMILES string of the molecule is O=C1CCC(N2Cc3cc(CN[C@@H]4CCC[C@H](O)C4)ccc3C2=O)C(=O)N1. The molecule has 3 amide bonds. The molecule has 3 aliphatic rings. The van der Waals surface area contributed by atoms with E-state index in [4.69, 9.17) is 0 Å². The molecular formula is C20H25N3O4. The van der Waals surface area contributed by atoms with E-state index < -0.39 is 6.04 Å². The van der Waals surface area contributed by atoms with Crippen LogP contribution in [-0.2, 0) is 22.7 Å². The zero-order valence-electron chi connectivity index (χ0n) is 15.2. The van der Waals surface area contributed by atoms with Gasteiger partial charge in [0, 0.05) is 31.1 Å². The number of hydrogen-bond acceptors (Lipinski definition) is 5. The van der Waals surface area contributed by atoms with Gasteiger partial charge in [0.15, 0.2) is 0 Å². The van der Waals surface area contributed by atoms with Crippen LogP contribution >= 0.6 is 0 Å². The lowest BCUT2D eigenvalue weighted by Crippen LogP contribution is -2.52. The van der Waals surface area contributed by atoms with E-state index in [1.54, 1.807) is 4.90 Å². The Balaban J connectivity index is 1.41. The highest BCUT2D eigenvalue weighted by molar-refractivity contribution is 6.05. The fraction of sp³-hybridized carbons (Fsp3) is 0.550. The molecule has 3 atom stereocenters. The number of nitrogens with zero attached hydrogens (tertiary/aromatic N) is 1. The minimum atomic E-state index is -0.576. The van der Waals surface area contributed by atoms with E-state index in [-0.39, 0.29) is 30.2 Å². The van der Waals surface area contributed by atoms with Gasteiger partial charge in [-0.2, -0.15) is 0 Å². The van der Waals surface area contributed by atoms with Crippen LogP contribution in [-0.4, -0.2) is 45.9 Å². The van der Waals surface area contributed by atoms with Crippen molar-refractivity contribution in [3.8, 4) is 0 Å². The van der Waals surface area contributed by atoms with Crippen molar-refractivity contribution in [1.82, 2.24) is 15.5 Å². The highest BCUT2D eigenvalue weighted by Gasteiger charge is 2.39. The minimum absolute atomic E-state index is 0.144. The Hall–Kier alpha value is -2.25. The molecule has 3 N–H and O–H groups in total. The number of rotatable bonds is 4. The van der Waals surface area contributed by atoms with Crippen LogP contribution in [0.15, 0.2) is 18.2 Å². The van der Waals surface area contributed by atoms with Crippen molar-refractivity contribution < 1.29 is 19.5 Å². The van der Waals surface area contributed by atoms with E-state index in [9.17, 15) is 19.5 Å². The van der Waals surface area contributed by atoms with Gasteiger partial charge in [-0.25, -0.2) is 0 Å². The molecule has 1 aliphatic carbocycles. The summed E-state index contributed by atoms with van der Waals surface area (Å²) in [5.41, 5.74) is 2.65. The number of hydrogen-bond donors (Lipinski definition) is 3. The zero-order chi connectivity index (χ0) is 19.0. The summed E-state index contributed by atoms with van der Waals surface area (Å²) in [5, 5.41) is 15.6. The largest absolute Gasteiger partial charge is 0.393 e. The molecule has 7 heteroatoms. The summed E-state index contributed by atoms with van der Waals surface area (Å²) in [4.78, 5) is 37.7.